The van der Waals surface area contributed by atoms with E-state index in [1.165, 1.54) is 6.07 Å². The first-order valence-corrected chi connectivity index (χ1v) is 10.5. The van der Waals surface area contributed by atoms with E-state index in [0.717, 1.165) is 24.2 Å². The Morgan fingerprint density at radius 1 is 1.27 bits per heavy atom. The zero-order valence-corrected chi connectivity index (χ0v) is 15.4. The molecule has 0 radical (unpaired) electrons. The Morgan fingerprint density at radius 3 is 2.27 bits per heavy atom. The molecule has 22 heavy (non-hydrogen) atoms. The first kappa shape index (κ1) is 19.4. The monoisotopic (exact) mass is 367 g/mol. The fraction of sp³-hybridized carbons (Fsp3) is 0.571. The molecule has 1 aromatic carbocycles. The second-order valence-electron chi connectivity index (χ2n) is 5.11. The van der Waals surface area contributed by atoms with Crippen molar-refractivity contribution in [2.75, 3.05) is 6.61 Å². The van der Waals surface area contributed by atoms with Crippen molar-refractivity contribution in [1.82, 2.24) is 0 Å². The molecule has 1 aromatic rings. The van der Waals surface area contributed by atoms with Crippen LogP contribution in [0.25, 0.3) is 0 Å². The van der Waals surface area contributed by atoms with Crippen LogP contribution in [0, 0.1) is 15.9 Å². The SMILES string of the molecule is CC[Si](CC)(CC)OCC(c1c(Cl)ccc(F)c1Cl)[N+](=O)[O-]. The van der Waals surface area contributed by atoms with Crippen molar-refractivity contribution in [1.29, 1.82) is 0 Å². The van der Waals surface area contributed by atoms with Gasteiger partial charge in [0.25, 0.3) is 6.04 Å². The zero-order valence-electron chi connectivity index (χ0n) is 12.9. The highest BCUT2D eigenvalue weighted by molar-refractivity contribution is 6.73. The van der Waals surface area contributed by atoms with Crippen LogP contribution in [0.15, 0.2) is 12.1 Å². The normalized spacial score (nSPS) is 13.2. The molecule has 0 N–H and O–H groups in total. The average Bonchev–Trinajstić information content (AvgIpc) is 2.50. The molecule has 1 atom stereocenters. The summed E-state index contributed by atoms with van der Waals surface area (Å²) in [6.45, 7) is 5.95. The Kier molecular flexibility index (Phi) is 7.25. The largest absolute Gasteiger partial charge is 0.409 e. The fourth-order valence-electron chi connectivity index (χ4n) is 2.41. The van der Waals surface area contributed by atoms with Crippen molar-refractivity contribution in [3.63, 3.8) is 0 Å². The molecule has 0 fully saturated rings. The van der Waals surface area contributed by atoms with E-state index in [-0.39, 0.29) is 22.2 Å². The van der Waals surface area contributed by atoms with Crippen LogP contribution < -0.4 is 0 Å². The van der Waals surface area contributed by atoms with Crippen molar-refractivity contribution in [2.24, 2.45) is 0 Å². The molecule has 0 aromatic heterocycles. The van der Waals surface area contributed by atoms with Crippen LogP contribution in [0.3, 0.4) is 0 Å². The molecule has 124 valence electrons. The van der Waals surface area contributed by atoms with Gasteiger partial charge in [-0.25, -0.2) is 4.39 Å². The van der Waals surface area contributed by atoms with Gasteiger partial charge in [-0.05, 0) is 30.3 Å². The van der Waals surface area contributed by atoms with Crippen molar-refractivity contribution in [3.8, 4) is 0 Å². The van der Waals surface area contributed by atoms with Crippen LogP contribution >= 0.6 is 23.2 Å². The smallest absolute Gasteiger partial charge is 0.262 e. The molecule has 8 heteroatoms. The van der Waals surface area contributed by atoms with Gasteiger partial charge in [-0.15, -0.1) is 0 Å². The Hall–Kier alpha value is -0.693. The van der Waals surface area contributed by atoms with Gasteiger partial charge < -0.3 is 4.43 Å². The first-order valence-electron chi connectivity index (χ1n) is 7.22. The van der Waals surface area contributed by atoms with Crippen LogP contribution in [-0.4, -0.2) is 19.8 Å². The predicted molar refractivity (Wildman–Crippen MR) is 89.3 cm³/mol. The van der Waals surface area contributed by atoms with Gasteiger partial charge in [0.15, 0.2) is 8.32 Å². The van der Waals surface area contributed by atoms with Gasteiger partial charge in [-0.3, -0.25) is 10.1 Å². The van der Waals surface area contributed by atoms with Crippen LogP contribution in [0.4, 0.5) is 4.39 Å². The van der Waals surface area contributed by atoms with E-state index in [4.69, 9.17) is 27.6 Å². The fourth-order valence-corrected chi connectivity index (χ4v) is 5.66. The summed E-state index contributed by atoms with van der Waals surface area (Å²) in [7, 11) is -1.99. The van der Waals surface area contributed by atoms with Crippen molar-refractivity contribution in [2.45, 2.75) is 44.9 Å². The van der Waals surface area contributed by atoms with Gasteiger partial charge in [0, 0.05) is 4.92 Å². The molecule has 1 unspecified atom stereocenters. The van der Waals surface area contributed by atoms with Crippen LogP contribution in [0.1, 0.15) is 32.4 Å². The molecule has 0 aliphatic heterocycles. The molecule has 4 nitrogen and oxygen atoms in total. The summed E-state index contributed by atoms with van der Waals surface area (Å²) >= 11 is 11.9. The highest BCUT2D eigenvalue weighted by Gasteiger charge is 2.35. The second kappa shape index (κ2) is 8.24. The van der Waals surface area contributed by atoms with Crippen molar-refractivity contribution >= 4 is 31.5 Å². The van der Waals surface area contributed by atoms with E-state index < -0.39 is 25.1 Å². The van der Waals surface area contributed by atoms with E-state index >= 15 is 0 Å². The summed E-state index contributed by atoms with van der Waals surface area (Å²) in [4.78, 5) is 10.9. The number of nitro groups is 1. The molecule has 0 amide bonds. The highest BCUT2D eigenvalue weighted by atomic mass is 35.5. The third kappa shape index (κ3) is 4.19. The molecule has 0 spiro atoms. The lowest BCUT2D eigenvalue weighted by molar-refractivity contribution is -0.531. The van der Waals surface area contributed by atoms with Gasteiger partial charge in [0.05, 0.1) is 15.6 Å². The summed E-state index contributed by atoms with van der Waals surface area (Å²) in [5.74, 6) is -0.724. The lowest BCUT2D eigenvalue weighted by Crippen LogP contribution is -2.38. The minimum atomic E-state index is -1.99. The lowest BCUT2D eigenvalue weighted by atomic mass is 10.1. The maximum absolute atomic E-state index is 13.6. The van der Waals surface area contributed by atoms with Gasteiger partial charge in [-0.1, -0.05) is 44.0 Å². The second-order valence-corrected chi connectivity index (χ2v) is 10.7. The Labute approximate surface area is 140 Å². The molecule has 1 rings (SSSR count). The number of halogens is 3. The van der Waals surface area contributed by atoms with Crippen LogP contribution in [0.5, 0.6) is 0 Å². The molecule has 0 aliphatic rings. The zero-order chi connectivity index (χ0) is 16.9. The van der Waals surface area contributed by atoms with Gasteiger partial charge >= 0.3 is 0 Å². The number of nitrogens with zero attached hydrogens (tertiary/aromatic N) is 1. The number of hydrogen-bond donors (Lipinski definition) is 0. The summed E-state index contributed by atoms with van der Waals surface area (Å²) in [5.41, 5.74) is -0.0143. The van der Waals surface area contributed by atoms with Crippen LogP contribution in [0.2, 0.25) is 28.2 Å². The standard InChI is InChI=1S/C14H20Cl2FNO3Si/c1-4-22(5-2,6-3)21-9-12(18(19)20)13-10(15)7-8-11(17)14(13)16/h7-8,12H,4-6,9H2,1-3H3. The molecular formula is C14H20Cl2FNO3Si. The summed E-state index contributed by atoms with van der Waals surface area (Å²) in [6, 6.07) is 3.71. The van der Waals surface area contributed by atoms with Gasteiger partial charge in [-0.2, -0.15) is 0 Å². The van der Waals surface area contributed by atoms with Crippen LogP contribution in [-0.2, 0) is 4.43 Å². The minimum absolute atomic E-state index is 0.0143. The third-order valence-electron chi connectivity index (χ3n) is 4.15. The number of rotatable bonds is 8. The molecule has 0 heterocycles. The van der Waals surface area contributed by atoms with Crippen molar-refractivity contribution < 1.29 is 13.7 Å². The van der Waals surface area contributed by atoms with Gasteiger partial charge in [0.1, 0.15) is 12.4 Å². The summed E-state index contributed by atoms with van der Waals surface area (Å²) < 4.78 is 19.6. The highest BCUT2D eigenvalue weighted by Crippen LogP contribution is 2.35. The maximum atomic E-state index is 13.6. The average molecular weight is 368 g/mol. The van der Waals surface area contributed by atoms with Crippen molar-refractivity contribution in [3.05, 3.63) is 43.7 Å². The molecule has 0 saturated carbocycles. The van der Waals surface area contributed by atoms with E-state index in [9.17, 15) is 14.5 Å². The summed E-state index contributed by atoms with van der Waals surface area (Å²) in [6.07, 6.45) is 0. The maximum Gasteiger partial charge on any atom is 0.262 e. The third-order valence-corrected chi connectivity index (χ3v) is 9.51. The topological polar surface area (TPSA) is 52.4 Å². The minimum Gasteiger partial charge on any atom is -0.409 e. The molecule has 0 bridgehead atoms. The molecular weight excluding hydrogens is 348 g/mol. The van der Waals surface area contributed by atoms with E-state index in [1.54, 1.807) is 0 Å². The predicted octanol–water partition coefficient (Wildman–Crippen LogP) is 5.47. The Balaban J connectivity index is 3.12. The first-order chi connectivity index (χ1) is 10.3. The lowest BCUT2D eigenvalue weighted by Gasteiger charge is -2.28. The Bertz CT molecular complexity index is 533. The van der Waals surface area contributed by atoms with Gasteiger partial charge in [0.2, 0.25) is 0 Å². The Morgan fingerprint density at radius 2 is 1.82 bits per heavy atom. The molecule has 0 saturated heterocycles. The molecule has 0 aliphatic carbocycles. The number of benzene rings is 1. The quantitative estimate of drug-likeness (QED) is 0.265. The van der Waals surface area contributed by atoms with E-state index in [2.05, 4.69) is 0 Å². The summed E-state index contributed by atoms with van der Waals surface area (Å²) in [5, 5.41) is 11.2. The van der Waals surface area contributed by atoms with E-state index in [0.29, 0.717) is 0 Å². The van der Waals surface area contributed by atoms with E-state index in [1.807, 2.05) is 20.8 Å². The number of hydrogen-bond acceptors (Lipinski definition) is 3.